The molecule has 3 aromatic heterocycles. The van der Waals surface area contributed by atoms with E-state index in [0.29, 0.717) is 22.8 Å². The molecule has 0 aliphatic carbocycles. The minimum atomic E-state index is 0.204. The Labute approximate surface area is 115 Å². The van der Waals surface area contributed by atoms with E-state index in [4.69, 9.17) is 5.73 Å². The number of hydrogen-bond acceptors (Lipinski definition) is 6. The Morgan fingerprint density at radius 1 is 1.15 bits per heavy atom. The normalized spacial score (nSPS) is 11.2. The van der Waals surface area contributed by atoms with Crippen molar-refractivity contribution in [3.05, 3.63) is 17.6 Å². The molecule has 0 amide bonds. The van der Waals surface area contributed by atoms with E-state index in [1.165, 1.54) is 0 Å². The van der Waals surface area contributed by atoms with Gasteiger partial charge < -0.3 is 15.6 Å². The van der Waals surface area contributed by atoms with E-state index >= 15 is 0 Å². The number of anilines is 3. The summed E-state index contributed by atoms with van der Waals surface area (Å²) in [4.78, 5) is 12.9. The van der Waals surface area contributed by atoms with E-state index in [0.717, 1.165) is 11.5 Å². The molecule has 3 heterocycles. The minimum absolute atomic E-state index is 0.204. The standard InChI is InChI=1S/C12H16N8/c1-6-5-8(18-20(6)4)15-10-9-11(17-12(13)16-10)19(3)7(2)14-9/h5H,1-4H3,(H3,13,15,16,17,18). The Balaban J connectivity index is 2.13. The van der Waals surface area contributed by atoms with Crippen LogP contribution < -0.4 is 11.1 Å². The van der Waals surface area contributed by atoms with Crippen molar-refractivity contribution in [1.82, 2.24) is 29.3 Å². The monoisotopic (exact) mass is 272 g/mol. The predicted octanol–water partition coefficient (Wildman–Crippen LogP) is 1.04. The summed E-state index contributed by atoms with van der Waals surface area (Å²) in [5.41, 5.74) is 8.19. The van der Waals surface area contributed by atoms with Gasteiger partial charge in [0.2, 0.25) is 5.95 Å². The number of nitrogens with zero attached hydrogens (tertiary/aromatic N) is 6. The second-order valence-electron chi connectivity index (χ2n) is 4.74. The summed E-state index contributed by atoms with van der Waals surface area (Å²) < 4.78 is 3.66. The maximum Gasteiger partial charge on any atom is 0.224 e. The number of fused-ring (bicyclic) bond motifs is 1. The average Bonchev–Trinajstić information content (AvgIpc) is 2.83. The molecule has 0 aliphatic rings. The molecule has 3 rings (SSSR count). The lowest BCUT2D eigenvalue weighted by atomic mass is 10.4. The van der Waals surface area contributed by atoms with Crippen LogP contribution in [0.15, 0.2) is 6.07 Å². The van der Waals surface area contributed by atoms with Crippen LogP contribution in [0.5, 0.6) is 0 Å². The van der Waals surface area contributed by atoms with Gasteiger partial charge in [-0.3, -0.25) is 4.68 Å². The summed E-state index contributed by atoms with van der Waals surface area (Å²) in [6.45, 7) is 3.89. The Bertz CT molecular complexity index is 778. The summed E-state index contributed by atoms with van der Waals surface area (Å²) in [6.07, 6.45) is 0. The smallest absolute Gasteiger partial charge is 0.224 e. The van der Waals surface area contributed by atoms with Crippen molar-refractivity contribution in [3.63, 3.8) is 0 Å². The first-order valence-corrected chi connectivity index (χ1v) is 6.20. The van der Waals surface area contributed by atoms with Crippen LogP contribution in [0.2, 0.25) is 0 Å². The maximum atomic E-state index is 5.76. The van der Waals surface area contributed by atoms with E-state index in [9.17, 15) is 0 Å². The predicted molar refractivity (Wildman–Crippen MR) is 76.7 cm³/mol. The fourth-order valence-electron chi connectivity index (χ4n) is 2.02. The molecule has 0 radical (unpaired) electrons. The number of nitrogens with two attached hydrogens (primary N) is 1. The number of nitrogen functional groups attached to an aromatic ring is 1. The molecule has 104 valence electrons. The minimum Gasteiger partial charge on any atom is -0.368 e. The van der Waals surface area contributed by atoms with Crippen LogP contribution >= 0.6 is 0 Å². The van der Waals surface area contributed by atoms with Crippen LogP contribution in [0.25, 0.3) is 11.2 Å². The van der Waals surface area contributed by atoms with Crippen molar-refractivity contribution in [2.45, 2.75) is 13.8 Å². The van der Waals surface area contributed by atoms with Crippen LogP contribution in [0.3, 0.4) is 0 Å². The number of rotatable bonds is 2. The zero-order valence-corrected chi connectivity index (χ0v) is 11.8. The van der Waals surface area contributed by atoms with Gasteiger partial charge in [0.25, 0.3) is 0 Å². The van der Waals surface area contributed by atoms with Crippen LogP contribution in [-0.2, 0) is 14.1 Å². The summed E-state index contributed by atoms with van der Waals surface area (Å²) in [7, 11) is 3.78. The van der Waals surface area contributed by atoms with Gasteiger partial charge in [-0.15, -0.1) is 0 Å². The Kier molecular flexibility index (Phi) is 2.60. The average molecular weight is 272 g/mol. The molecule has 0 bridgehead atoms. The summed E-state index contributed by atoms with van der Waals surface area (Å²) in [5, 5.41) is 7.49. The van der Waals surface area contributed by atoms with Gasteiger partial charge in [0.1, 0.15) is 5.82 Å². The first kappa shape index (κ1) is 12.4. The molecule has 8 heteroatoms. The number of nitrogens with one attached hydrogen (secondary N) is 1. The molecule has 8 nitrogen and oxygen atoms in total. The van der Waals surface area contributed by atoms with Gasteiger partial charge >= 0.3 is 0 Å². The van der Waals surface area contributed by atoms with Crippen molar-refractivity contribution >= 4 is 28.7 Å². The summed E-state index contributed by atoms with van der Waals surface area (Å²) in [6, 6.07) is 1.93. The first-order chi connectivity index (χ1) is 9.45. The quantitative estimate of drug-likeness (QED) is 0.723. The third-order valence-corrected chi connectivity index (χ3v) is 3.32. The summed E-state index contributed by atoms with van der Waals surface area (Å²) >= 11 is 0. The molecule has 3 aromatic rings. The molecule has 0 saturated heterocycles. The Hall–Kier alpha value is -2.64. The van der Waals surface area contributed by atoms with Crippen LogP contribution in [0.4, 0.5) is 17.6 Å². The van der Waals surface area contributed by atoms with Gasteiger partial charge in [0, 0.05) is 25.9 Å². The second-order valence-corrected chi connectivity index (χ2v) is 4.74. The number of aryl methyl sites for hydroxylation is 4. The highest BCUT2D eigenvalue weighted by atomic mass is 15.3. The molecule has 0 aromatic carbocycles. The van der Waals surface area contributed by atoms with E-state index < -0.39 is 0 Å². The van der Waals surface area contributed by atoms with Crippen molar-refractivity contribution in [1.29, 1.82) is 0 Å². The fraction of sp³-hybridized carbons (Fsp3) is 0.333. The number of hydrogen-bond donors (Lipinski definition) is 2. The third-order valence-electron chi connectivity index (χ3n) is 3.32. The van der Waals surface area contributed by atoms with Gasteiger partial charge in [0.05, 0.1) is 0 Å². The lowest BCUT2D eigenvalue weighted by Gasteiger charge is -2.04. The van der Waals surface area contributed by atoms with E-state index in [1.54, 1.807) is 4.68 Å². The van der Waals surface area contributed by atoms with Crippen LogP contribution in [0.1, 0.15) is 11.5 Å². The molecular weight excluding hydrogens is 256 g/mol. The van der Waals surface area contributed by atoms with E-state index in [-0.39, 0.29) is 5.95 Å². The maximum absolute atomic E-state index is 5.76. The highest BCUT2D eigenvalue weighted by molar-refractivity contribution is 5.86. The zero-order valence-electron chi connectivity index (χ0n) is 11.8. The molecule has 0 atom stereocenters. The third kappa shape index (κ3) is 1.85. The molecule has 0 spiro atoms. The van der Waals surface area contributed by atoms with E-state index in [1.807, 2.05) is 38.6 Å². The van der Waals surface area contributed by atoms with Gasteiger partial charge in [0.15, 0.2) is 22.8 Å². The molecule has 0 saturated carbocycles. The second kappa shape index (κ2) is 4.19. The lowest BCUT2D eigenvalue weighted by molar-refractivity contribution is 0.743. The highest BCUT2D eigenvalue weighted by Gasteiger charge is 2.14. The van der Waals surface area contributed by atoms with Gasteiger partial charge in [-0.2, -0.15) is 15.1 Å². The van der Waals surface area contributed by atoms with Crippen LogP contribution in [0, 0.1) is 13.8 Å². The largest absolute Gasteiger partial charge is 0.368 e. The van der Waals surface area contributed by atoms with E-state index in [2.05, 4.69) is 25.4 Å². The molecule has 0 fully saturated rings. The molecular formula is C12H16N8. The van der Waals surface area contributed by atoms with Crippen molar-refractivity contribution in [2.75, 3.05) is 11.1 Å². The zero-order chi connectivity index (χ0) is 14.4. The molecule has 0 unspecified atom stereocenters. The first-order valence-electron chi connectivity index (χ1n) is 6.20. The number of imidazole rings is 1. The Morgan fingerprint density at radius 2 is 1.90 bits per heavy atom. The Morgan fingerprint density at radius 3 is 2.55 bits per heavy atom. The molecule has 0 aliphatic heterocycles. The fourth-order valence-corrected chi connectivity index (χ4v) is 2.02. The van der Waals surface area contributed by atoms with Crippen molar-refractivity contribution < 1.29 is 0 Å². The summed E-state index contributed by atoms with van der Waals surface area (Å²) in [5.74, 6) is 2.32. The SMILES string of the molecule is Cc1cc(Nc2nc(N)nc3c2nc(C)n3C)nn1C. The van der Waals surface area contributed by atoms with Crippen molar-refractivity contribution in [3.8, 4) is 0 Å². The molecule has 20 heavy (non-hydrogen) atoms. The van der Waals surface area contributed by atoms with Gasteiger partial charge in [-0.1, -0.05) is 0 Å². The molecule has 3 N–H and O–H groups in total. The van der Waals surface area contributed by atoms with Gasteiger partial charge in [-0.05, 0) is 13.8 Å². The highest BCUT2D eigenvalue weighted by Crippen LogP contribution is 2.23. The lowest BCUT2D eigenvalue weighted by Crippen LogP contribution is -2.03. The van der Waals surface area contributed by atoms with Crippen LogP contribution in [-0.4, -0.2) is 29.3 Å². The topological polar surface area (TPSA) is 99.5 Å². The van der Waals surface area contributed by atoms with Gasteiger partial charge in [-0.25, -0.2) is 4.98 Å². The van der Waals surface area contributed by atoms with Crippen molar-refractivity contribution in [2.24, 2.45) is 14.1 Å². The number of aromatic nitrogens is 6.